The predicted molar refractivity (Wildman–Crippen MR) is 117 cm³/mol. The Balaban J connectivity index is 1.72. The van der Waals surface area contributed by atoms with Crippen LogP contribution in [0.4, 0.5) is 0 Å². The van der Waals surface area contributed by atoms with Gasteiger partial charge in [-0.15, -0.1) is 0 Å². The number of benzene rings is 3. The lowest BCUT2D eigenvalue weighted by Crippen LogP contribution is -2.25. The first-order chi connectivity index (χ1) is 13.9. The number of carboxylic acid groups (broad SMARTS) is 1. The second-order valence-electron chi connectivity index (χ2n) is 8.15. The van der Waals surface area contributed by atoms with Gasteiger partial charge in [-0.25, -0.2) is 4.79 Å². The van der Waals surface area contributed by atoms with E-state index >= 15 is 0 Å². The standard InChI is InChI=1S/C26H24O3/c1-26(2)16-20-11-12-21(29-3)15-22(20)23-14-18(8-13-24(23)26)5-4-17-6-9-19(10-7-17)25(27)28/h4-15H,16H2,1-3H3,(H,27,28)/b5-4+. The molecule has 1 aliphatic rings. The molecule has 29 heavy (non-hydrogen) atoms. The van der Waals surface area contributed by atoms with E-state index in [1.807, 2.05) is 24.3 Å². The highest BCUT2D eigenvalue weighted by atomic mass is 16.5. The van der Waals surface area contributed by atoms with Crippen molar-refractivity contribution in [3.63, 3.8) is 0 Å². The molecule has 0 aliphatic heterocycles. The van der Waals surface area contributed by atoms with Crippen LogP contribution in [0.2, 0.25) is 0 Å². The van der Waals surface area contributed by atoms with Crippen molar-refractivity contribution in [2.45, 2.75) is 25.7 Å². The Hall–Kier alpha value is -3.33. The molecule has 3 heteroatoms. The maximum atomic E-state index is 11.0. The lowest BCUT2D eigenvalue weighted by Gasteiger charge is -2.34. The van der Waals surface area contributed by atoms with Crippen molar-refractivity contribution in [1.29, 1.82) is 0 Å². The van der Waals surface area contributed by atoms with Gasteiger partial charge < -0.3 is 9.84 Å². The molecule has 4 rings (SSSR count). The summed E-state index contributed by atoms with van der Waals surface area (Å²) in [7, 11) is 1.70. The van der Waals surface area contributed by atoms with Crippen molar-refractivity contribution in [2.24, 2.45) is 0 Å². The van der Waals surface area contributed by atoms with Crippen LogP contribution in [0.25, 0.3) is 23.3 Å². The van der Waals surface area contributed by atoms with Crippen LogP contribution in [0, 0.1) is 0 Å². The van der Waals surface area contributed by atoms with E-state index in [0.29, 0.717) is 5.56 Å². The highest BCUT2D eigenvalue weighted by Crippen LogP contribution is 2.44. The number of carbonyl (C=O) groups is 1. The Morgan fingerprint density at radius 3 is 2.31 bits per heavy atom. The molecule has 0 bridgehead atoms. The molecule has 3 nitrogen and oxygen atoms in total. The number of aromatic carboxylic acids is 1. The van der Waals surface area contributed by atoms with Crippen LogP contribution in [0.15, 0.2) is 60.7 Å². The second kappa shape index (κ2) is 7.25. The fourth-order valence-corrected chi connectivity index (χ4v) is 4.07. The highest BCUT2D eigenvalue weighted by molar-refractivity contribution is 5.88. The first kappa shape index (κ1) is 19.0. The second-order valence-corrected chi connectivity index (χ2v) is 8.15. The molecule has 0 unspecified atom stereocenters. The molecule has 0 saturated heterocycles. The van der Waals surface area contributed by atoms with E-state index in [2.05, 4.69) is 50.3 Å². The number of rotatable bonds is 4. The molecule has 3 aromatic carbocycles. The summed E-state index contributed by atoms with van der Waals surface area (Å²) in [5.74, 6) is -0.0409. The lowest BCUT2D eigenvalue weighted by atomic mass is 9.70. The fraction of sp³-hybridized carbons (Fsp3) is 0.192. The van der Waals surface area contributed by atoms with Crippen LogP contribution in [0.3, 0.4) is 0 Å². The summed E-state index contributed by atoms with van der Waals surface area (Å²) in [5, 5.41) is 9.03. The Morgan fingerprint density at radius 2 is 1.62 bits per heavy atom. The van der Waals surface area contributed by atoms with E-state index in [-0.39, 0.29) is 5.41 Å². The summed E-state index contributed by atoms with van der Waals surface area (Å²) in [6.07, 6.45) is 5.08. The van der Waals surface area contributed by atoms with Gasteiger partial charge in [0.25, 0.3) is 0 Å². The maximum absolute atomic E-state index is 11.0. The van der Waals surface area contributed by atoms with Gasteiger partial charge in [-0.1, -0.05) is 56.3 Å². The zero-order valence-electron chi connectivity index (χ0n) is 16.9. The first-order valence-electron chi connectivity index (χ1n) is 9.71. The number of ether oxygens (including phenoxy) is 1. The number of hydrogen-bond donors (Lipinski definition) is 1. The van der Waals surface area contributed by atoms with Crippen LogP contribution in [-0.4, -0.2) is 18.2 Å². The van der Waals surface area contributed by atoms with Crippen molar-refractivity contribution in [1.82, 2.24) is 0 Å². The number of carboxylic acids is 1. The minimum Gasteiger partial charge on any atom is -0.497 e. The molecule has 0 amide bonds. The summed E-state index contributed by atoms with van der Waals surface area (Å²) in [5.41, 5.74) is 7.62. The van der Waals surface area contributed by atoms with Gasteiger partial charge in [0.2, 0.25) is 0 Å². The highest BCUT2D eigenvalue weighted by Gasteiger charge is 2.31. The molecule has 0 aromatic heterocycles. The predicted octanol–water partition coefficient (Wildman–Crippen LogP) is 6.06. The topological polar surface area (TPSA) is 46.5 Å². The number of hydrogen-bond acceptors (Lipinski definition) is 2. The molecule has 1 aliphatic carbocycles. The zero-order chi connectivity index (χ0) is 20.6. The van der Waals surface area contributed by atoms with Crippen LogP contribution in [0.5, 0.6) is 5.75 Å². The van der Waals surface area contributed by atoms with Crippen molar-refractivity contribution < 1.29 is 14.6 Å². The third-order valence-electron chi connectivity index (χ3n) is 5.64. The molecule has 0 fully saturated rings. The third kappa shape index (κ3) is 3.68. The molecule has 0 radical (unpaired) electrons. The van der Waals surface area contributed by atoms with Crippen LogP contribution < -0.4 is 4.74 Å². The average Bonchev–Trinajstić information content (AvgIpc) is 2.72. The monoisotopic (exact) mass is 384 g/mol. The van der Waals surface area contributed by atoms with Gasteiger partial charge >= 0.3 is 5.97 Å². The fourth-order valence-electron chi connectivity index (χ4n) is 4.07. The third-order valence-corrected chi connectivity index (χ3v) is 5.64. The van der Waals surface area contributed by atoms with Crippen LogP contribution in [-0.2, 0) is 11.8 Å². The van der Waals surface area contributed by atoms with Gasteiger partial charge in [0.05, 0.1) is 12.7 Å². The zero-order valence-corrected chi connectivity index (χ0v) is 16.9. The normalized spacial score (nSPS) is 14.3. The van der Waals surface area contributed by atoms with E-state index in [4.69, 9.17) is 9.84 Å². The molecule has 0 saturated carbocycles. The molecule has 1 N–H and O–H groups in total. The summed E-state index contributed by atoms with van der Waals surface area (Å²) >= 11 is 0. The SMILES string of the molecule is COc1ccc2c(c1)-c1cc(/C=C/c3ccc(C(=O)O)cc3)ccc1C(C)(C)C2. The smallest absolute Gasteiger partial charge is 0.335 e. The van der Waals surface area contributed by atoms with Gasteiger partial charge in [0.1, 0.15) is 5.75 Å². The molecular weight excluding hydrogens is 360 g/mol. The maximum Gasteiger partial charge on any atom is 0.335 e. The average molecular weight is 384 g/mol. The summed E-state index contributed by atoms with van der Waals surface area (Å²) in [4.78, 5) is 11.0. The molecule has 0 spiro atoms. The van der Waals surface area contributed by atoms with E-state index in [1.54, 1.807) is 19.2 Å². The summed E-state index contributed by atoms with van der Waals surface area (Å²) in [6, 6.07) is 19.8. The Bertz CT molecular complexity index is 1110. The van der Waals surface area contributed by atoms with Crippen molar-refractivity contribution in [3.8, 4) is 16.9 Å². The van der Waals surface area contributed by atoms with Crippen LogP contribution >= 0.6 is 0 Å². The van der Waals surface area contributed by atoms with E-state index in [0.717, 1.165) is 23.3 Å². The van der Waals surface area contributed by atoms with Crippen molar-refractivity contribution >= 4 is 18.1 Å². The lowest BCUT2D eigenvalue weighted by molar-refractivity contribution is 0.0697. The van der Waals surface area contributed by atoms with E-state index in [1.165, 1.54) is 22.3 Å². The quantitative estimate of drug-likeness (QED) is 0.556. The van der Waals surface area contributed by atoms with Crippen molar-refractivity contribution in [3.05, 3.63) is 88.5 Å². The Morgan fingerprint density at radius 1 is 0.931 bits per heavy atom. The minimum absolute atomic E-state index is 0.0752. The van der Waals surface area contributed by atoms with E-state index < -0.39 is 5.97 Å². The summed E-state index contributed by atoms with van der Waals surface area (Å²) in [6.45, 7) is 4.58. The molecule has 146 valence electrons. The van der Waals surface area contributed by atoms with Crippen molar-refractivity contribution in [2.75, 3.05) is 7.11 Å². The first-order valence-corrected chi connectivity index (χ1v) is 9.71. The molecule has 0 heterocycles. The minimum atomic E-state index is -0.910. The molecule has 0 atom stereocenters. The van der Waals surface area contributed by atoms with Crippen LogP contribution in [0.1, 0.15) is 46.5 Å². The van der Waals surface area contributed by atoms with Gasteiger partial charge in [0, 0.05) is 0 Å². The van der Waals surface area contributed by atoms with Gasteiger partial charge in [-0.3, -0.25) is 0 Å². The summed E-state index contributed by atoms with van der Waals surface area (Å²) < 4.78 is 5.45. The molecule has 3 aromatic rings. The number of methoxy groups -OCH3 is 1. The van der Waals surface area contributed by atoms with Gasteiger partial charge in [-0.05, 0) is 75.5 Å². The van der Waals surface area contributed by atoms with Gasteiger partial charge in [-0.2, -0.15) is 0 Å². The van der Waals surface area contributed by atoms with E-state index in [9.17, 15) is 4.79 Å². The molecular formula is C26H24O3. The number of fused-ring (bicyclic) bond motifs is 3. The Labute approximate surface area is 171 Å². The Kier molecular flexibility index (Phi) is 4.75. The van der Waals surface area contributed by atoms with Gasteiger partial charge in [0.15, 0.2) is 0 Å². The largest absolute Gasteiger partial charge is 0.497 e.